The van der Waals surface area contributed by atoms with Gasteiger partial charge in [-0.25, -0.2) is 0 Å². The minimum atomic E-state index is -0.170. The van der Waals surface area contributed by atoms with Crippen LogP contribution in [0.4, 0.5) is 11.4 Å². The zero-order valence-corrected chi connectivity index (χ0v) is 18.4. The summed E-state index contributed by atoms with van der Waals surface area (Å²) in [5, 5.41) is 5.75. The van der Waals surface area contributed by atoms with Crippen LogP contribution in [0.25, 0.3) is 0 Å². The highest BCUT2D eigenvalue weighted by Crippen LogP contribution is 2.23. The van der Waals surface area contributed by atoms with Gasteiger partial charge in [0.15, 0.2) is 0 Å². The first-order valence-electron chi connectivity index (χ1n) is 10.2. The molecule has 0 saturated heterocycles. The topological polar surface area (TPSA) is 67.4 Å². The smallest absolute Gasteiger partial charge is 0.255 e. The molecule has 5 nitrogen and oxygen atoms in total. The first kappa shape index (κ1) is 22.1. The number of methoxy groups -OCH3 is 1. The predicted octanol–water partition coefficient (Wildman–Crippen LogP) is 5.43. The maximum atomic E-state index is 12.5. The van der Waals surface area contributed by atoms with Gasteiger partial charge >= 0.3 is 0 Å². The number of amides is 2. The van der Waals surface area contributed by atoms with Crippen molar-refractivity contribution in [3.05, 3.63) is 89.5 Å². The molecule has 0 fully saturated rings. The Morgan fingerprint density at radius 2 is 1.32 bits per heavy atom. The van der Waals surface area contributed by atoms with Gasteiger partial charge in [0.05, 0.1) is 13.5 Å². The van der Waals surface area contributed by atoms with E-state index in [4.69, 9.17) is 4.74 Å². The summed E-state index contributed by atoms with van der Waals surface area (Å²) in [7, 11) is 1.61. The summed E-state index contributed by atoms with van der Waals surface area (Å²) >= 11 is 0. The molecule has 2 N–H and O–H groups in total. The molecule has 0 unspecified atom stereocenters. The normalized spacial score (nSPS) is 11.0. The number of ether oxygens (including phenoxy) is 1. The highest BCUT2D eigenvalue weighted by atomic mass is 16.5. The summed E-state index contributed by atoms with van der Waals surface area (Å²) in [6, 6.07) is 22.1. The van der Waals surface area contributed by atoms with Gasteiger partial charge < -0.3 is 15.4 Å². The number of carbonyl (C=O) groups is 2. The van der Waals surface area contributed by atoms with Crippen LogP contribution in [-0.2, 0) is 16.6 Å². The molecule has 2 amide bonds. The maximum absolute atomic E-state index is 12.5. The van der Waals surface area contributed by atoms with Crippen LogP contribution in [0.15, 0.2) is 72.8 Å². The van der Waals surface area contributed by atoms with E-state index < -0.39 is 0 Å². The van der Waals surface area contributed by atoms with Gasteiger partial charge in [-0.3, -0.25) is 9.59 Å². The molecular weight excluding hydrogens is 388 g/mol. The average molecular weight is 417 g/mol. The van der Waals surface area contributed by atoms with Crippen LogP contribution in [0.1, 0.15) is 42.3 Å². The Morgan fingerprint density at radius 1 is 0.774 bits per heavy atom. The fourth-order valence-corrected chi connectivity index (χ4v) is 3.10. The van der Waals surface area contributed by atoms with E-state index in [1.807, 2.05) is 48.5 Å². The number of rotatable bonds is 6. The van der Waals surface area contributed by atoms with E-state index in [-0.39, 0.29) is 23.7 Å². The van der Waals surface area contributed by atoms with E-state index in [9.17, 15) is 9.59 Å². The second-order valence-electron chi connectivity index (χ2n) is 8.43. The molecule has 3 rings (SSSR count). The van der Waals surface area contributed by atoms with E-state index in [0.717, 1.165) is 11.3 Å². The van der Waals surface area contributed by atoms with Crippen LogP contribution >= 0.6 is 0 Å². The molecule has 0 atom stereocenters. The number of hydrogen-bond acceptors (Lipinski definition) is 3. The molecule has 0 aliphatic heterocycles. The molecule has 0 aliphatic carbocycles. The maximum Gasteiger partial charge on any atom is 0.255 e. The van der Waals surface area contributed by atoms with E-state index in [2.05, 4.69) is 31.4 Å². The van der Waals surface area contributed by atoms with Crippen LogP contribution < -0.4 is 15.4 Å². The van der Waals surface area contributed by atoms with Gasteiger partial charge in [0.1, 0.15) is 5.75 Å². The minimum absolute atomic E-state index is 0.0443. The van der Waals surface area contributed by atoms with Crippen molar-refractivity contribution in [1.29, 1.82) is 0 Å². The van der Waals surface area contributed by atoms with E-state index in [1.54, 1.807) is 31.4 Å². The van der Waals surface area contributed by atoms with Gasteiger partial charge in [0.25, 0.3) is 5.91 Å². The van der Waals surface area contributed by atoms with Crippen LogP contribution in [0, 0.1) is 0 Å². The molecule has 0 radical (unpaired) electrons. The third-order valence-corrected chi connectivity index (χ3v) is 4.96. The van der Waals surface area contributed by atoms with Crippen LogP contribution in [0.2, 0.25) is 0 Å². The summed E-state index contributed by atoms with van der Waals surface area (Å²) in [5.41, 5.74) is 4.07. The number of benzene rings is 3. The quantitative estimate of drug-likeness (QED) is 0.563. The lowest BCUT2D eigenvalue weighted by Gasteiger charge is -2.19. The molecule has 0 aliphatic rings. The minimum Gasteiger partial charge on any atom is -0.497 e. The third kappa shape index (κ3) is 6.19. The third-order valence-electron chi connectivity index (χ3n) is 4.96. The summed E-state index contributed by atoms with van der Waals surface area (Å²) in [4.78, 5) is 24.8. The molecule has 31 heavy (non-hydrogen) atoms. The number of hydrogen-bond donors (Lipinski definition) is 2. The van der Waals surface area contributed by atoms with Crippen molar-refractivity contribution >= 4 is 23.2 Å². The van der Waals surface area contributed by atoms with Crippen molar-refractivity contribution in [2.75, 3.05) is 17.7 Å². The summed E-state index contributed by atoms with van der Waals surface area (Å²) < 4.78 is 5.12. The van der Waals surface area contributed by atoms with Crippen molar-refractivity contribution in [1.82, 2.24) is 0 Å². The molecular formula is C26H28N2O3. The SMILES string of the molecule is COc1ccc(CC(=O)Nc2ccc(NC(=O)c3ccc(C(C)(C)C)cc3)cc2)cc1. The highest BCUT2D eigenvalue weighted by Gasteiger charge is 2.14. The highest BCUT2D eigenvalue weighted by molar-refractivity contribution is 6.04. The van der Waals surface area contributed by atoms with Gasteiger partial charge in [-0.2, -0.15) is 0 Å². The molecule has 160 valence electrons. The molecule has 3 aromatic rings. The lowest BCUT2D eigenvalue weighted by Crippen LogP contribution is -2.15. The average Bonchev–Trinajstić information content (AvgIpc) is 2.75. The largest absolute Gasteiger partial charge is 0.497 e. The standard InChI is InChI=1S/C26H28N2O3/c1-26(2,3)20-9-7-19(8-10-20)25(30)28-22-13-11-21(12-14-22)27-24(29)17-18-5-15-23(31-4)16-6-18/h5-16H,17H2,1-4H3,(H,27,29)(H,28,30). The van der Waals surface area contributed by atoms with Crippen molar-refractivity contribution in [3.8, 4) is 5.75 Å². The zero-order chi connectivity index (χ0) is 22.4. The Morgan fingerprint density at radius 3 is 1.84 bits per heavy atom. The van der Waals surface area contributed by atoms with Crippen molar-refractivity contribution in [3.63, 3.8) is 0 Å². The first-order chi connectivity index (χ1) is 14.7. The van der Waals surface area contributed by atoms with Gasteiger partial charge in [0, 0.05) is 16.9 Å². The van der Waals surface area contributed by atoms with Crippen molar-refractivity contribution < 1.29 is 14.3 Å². The predicted molar refractivity (Wildman–Crippen MR) is 125 cm³/mol. The molecule has 0 aromatic heterocycles. The monoisotopic (exact) mass is 416 g/mol. The molecule has 0 saturated carbocycles. The number of carbonyl (C=O) groups excluding carboxylic acids is 2. The van der Waals surface area contributed by atoms with Crippen molar-refractivity contribution in [2.45, 2.75) is 32.6 Å². The zero-order valence-electron chi connectivity index (χ0n) is 18.4. The van der Waals surface area contributed by atoms with Gasteiger partial charge in [-0.15, -0.1) is 0 Å². The molecule has 3 aromatic carbocycles. The second-order valence-corrected chi connectivity index (χ2v) is 8.43. The van der Waals surface area contributed by atoms with E-state index >= 15 is 0 Å². The molecule has 0 bridgehead atoms. The lowest BCUT2D eigenvalue weighted by molar-refractivity contribution is -0.115. The van der Waals surface area contributed by atoms with Crippen molar-refractivity contribution in [2.24, 2.45) is 0 Å². The molecule has 0 spiro atoms. The first-order valence-corrected chi connectivity index (χ1v) is 10.2. The summed E-state index contributed by atoms with van der Waals surface area (Å²) in [5.74, 6) is 0.476. The van der Waals surface area contributed by atoms with Crippen LogP contribution in [0.5, 0.6) is 5.75 Å². The van der Waals surface area contributed by atoms with Gasteiger partial charge in [0.2, 0.25) is 5.91 Å². The Bertz CT molecular complexity index is 1030. The number of nitrogens with one attached hydrogen (secondary N) is 2. The Balaban J connectivity index is 1.55. The van der Waals surface area contributed by atoms with Crippen LogP contribution in [-0.4, -0.2) is 18.9 Å². The van der Waals surface area contributed by atoms with Crippen LogP contribution in [0.3, 0.4) is 0 Å². The Labute approximate surface area is 183 Å². The fraction of sp³-hybridized carbons (Fsp3) is 0.231. The molecule has 5 heteroatoms. The number of anilines is 2. The second kappa shape index (κ2) is 9.47. The fourth-order valence-electron chi connectivity index (χ4n) is 3.10. The van der Waals surface area contributed by atoms with E-state index in [0.29, 0.717) is 16.9 Å². The van der Waals surface area contributed by atoms with Gasteiger partial charge in [-0.05, 0) is 65.1 Å². The summed E-state index contributed by atoms with van der Waals surface area (Å²) in [6.45, 7) is 6.41. The Kier molecular flexibility index (Phi) is 6.75. The Hall–Kier alpha value is -3.60. The lowest BCUT2D eigenvalue weighted by atomic mass is 9.87. The molecule has 0 heterocycles. The van der Waals surface area contributed by atoms with Gasteiger partial charge in [-0.1, -0.05) is 45.0 Å². The van der Waals surface area contributed by atoms with E-state index in [1.165, 1.54) is 5.56 Å². The summed E-state index contributed by atoms with van der Waals surface area (Å²) in [6.07, 6.45) is 0.271.